The number of hydrogen-bond acceptors (Lipinski definition) is 10. The first kappa shape index (κ1) is 35.1. The second-order valence-corrected chi connectivity index (χ2v) is 12.0. The number of unbranched alkanes of at least 4 members (excludes halogenated alkanes) is 1. The number of benzene rings is 2. The van der Waals surface area contributed by atoms with Crippen LogP contribution >= 0.6 is 0 Å². The van der Waals surface area contributed by atoms with Gasteiger partial charge < -0.3 is 24.3 Å². The highest BCUT2D eigenvalue weighted by molar-refractivity contribution is 6.04. The van der Waals surface area contributed by atoms with Gasteiger partial charge in [-0.15, -0.1) is 0 Å². The first-order valence-corrected chi connectivity index (χ1v) is 15.9. The maximum Gasteiger partial charge on any atom is 0.412 e. The number of aromatic nitrogens is 2. The van der Waals surface area contributed by atoms with Crippen molar-refractivity contribution < 1.29 is 28.7 Å². The predicted molar refractivity (Wildman–Crippen MR) is 178 cm³/mol. The largest absolute Gasteiger partial charge is 0.468 e. The number of nitrogens with zero attached hydrogens (tertiary/aromatic N) is 3. The standard InChI is InChI=1S/C34H45N7O6/c1-6-7-18-47-33(45)39-30(35)23-10-13-25(14-11-23)36-20-28-38-26-19-24(12-15-27(26)40(28)4)34(3,32(44)41-16-8-9-17-41)21-37-29(22(2)42)31(43)46-5/h10-15,19,29,36-37H,6-9,16-18,20-21H2,1-5H3,(H2,35,39,45). The molecule has 0 spiro atoms. The number of imidazole rings is 1. The predicted octanol–water partition coefficient (Wildman–Crippen LogP) is 3.64. The molecule has 2 unspecified atom stereocenters. The monoisotopic (exact) mass is 647 g/mol. The molecule has 4 rings (SSSR count). The van der Waals surface area contributed by atoms with Crippen molar-refractivity contribution in [3.8, 4) is 0 Å². The van der Waals surface area contributed by atoms with Crippen LogP contribution in [0, 0.1) is 5.41 Å². The Balaban J connectivity index is 1.50. The van der Waals surface area contributed by atoms with E-state index >= 15 is 0 Å². The molecular weight excluding hydrogens is 602 g/mol. The number of fused-ring (bicyclic) bond motifs is 1. The Morgan fingerprint density at radius 1 is 1.09 bits per heavy atom. The summed E-state index contributed by atoms with van der Waals surface area (Å²) in [7, 11) is 3.15. The van der Waals surface area contributed by atoms with Gasteiger partial charge in [0.25, 0.3) is 0 Å². The Labute approximate surface area is 274 Å². The van der Waals surface area contributed by atoms with E-state index in [1.54, 1.807) is 12.1 Å². The van der Waals surface area contributed by atoms with Gasteiger partial charge in [0.15, 0.2) is 11.8 Å². The van der Waals surface area contributed by atoms with Gasteiger partial charge in [0, 0.05) is 37.9 Å². The van der Waals surface area contributed by atoms with E-state index in [0.717, 1.165) is 48.3 Å². The molecule has 2 amide bonds. The molecule has 13 nitrogen and oxygen atoms in total. The Morgan fingerprint density at radius 2 is 1.79 bits per heavy atom. The van der Waals surface area contributed by atoms with Crippen molar-refractivity contribution in [1.82, 2.24) is 25.1 Å². The number of aryl methyl sites for hydroxylation is 1. The molecular formula is C34H45N7O6. The summed E-state index contributed by atoms with van der Waals surface area (Å²) in [5.41, 5.74) is 2.58. The second-order valence-electron chi connectivity index (χ2n) is 12.0. The molecule has 1 aromatic heterocycles. The normalized spacial score (nSPS) is 14.7. The molecule has 1 aliphatic rings. The number of ether oxygens (including phenoxy) is 2. The summed E-state index contributed by atoms with van der Waals surface area (Å²) in [6, 6.07) is 11.7. The van der Waals surface area contributed by atoms with Crippen LogP contribution in [0.15, 0.2) is 42.5 Å². The lowest BCUT2D eigenvalue weighted by molar-refractivity contribution is -0.147. The molecule has 2 atom stereocenters. The molecule has 1 aliphatic heterocycles. The zero-order valence-electron chi connectivity index (χ0n) is 27.8. The van der Waals surface area contributed by atoms with Gasteiger partial charge in [-0.2, -0.15) is 0 Å². The summed E-state index contributed by atoms with van der Waals surface area (Å²) < 4.78 is 11.9. The van der Waals surface area contributed by atoms with Crippen LogP contribution in [0.4, 0.5) is 10.5 Å². The van der Waals surface area contributed by atoms with Gasteiger partial charge in [-0.3, -0.25) is 25.6 Å². The van der Waals surface area contributed by atoms with Crippen molar-refractivity contribution in [2.24, 2.45) is 7.05 Å². The summed E-state index contributed by atoms with van der Waals surface area (Å²) in [6.07, 6.45) is 2.89. The van der Waals surface area contributed by atoms with Crippen LogP contribution in [0.3, 0.4) is 0 Å². The van der Waals surface area contributed by atoms with Crippen molar-refractivity contribution in [3.05, 3.63) is 59.4 Å². The first-order valence-electron chi connectivity index (χ1n) is 15.9. The number of esters is 1. The van der Waals surface area contributed by atoms with Crippen LogP contribution in [-0.4, -0.2) is 83.4 Å². The van der Waals surface area contributed by atoms with Gasteiger partial charge >= 0.3 is 12.1 Å². The molecule has 1 fully saturated rings. The van der Waals surface area contributed by atoms with Crippen LogP contribution in [-0.2, 0) is 42.9 Å². The molecule has 1 saturated heterocycles. The van der Waals surface area contributed by atoms with Crippen LogP contribution in [0.2, 0.25) is 0 Å². The molecule has 2 heterocycles. The van der Waals surface area contributed by atoms with E-state index in [1.807, 2.05) is 60.7 Å². The lowest BCUT2D eigenvalue weighted by Crippen LogP contribution is -2.54. The number of alkyl carbamates (subject to hydrolysis) is 1. The first-order chi connectivity index (χ1) is 22.5. The number of carbonyl (C=O) groups excluding carboxylic acids is 4. The third-order valence-corrected chi connectivity index (χ3v) is 8.56. The summed E-state index contributed by atoms with van der Waals surface area (Å²) in [5, 5.41) is 17.0. The van der Waals surface area contributed by atoms with E-state index in [1.165, 1.54) is 14.0 Å². The smallest absolute Gasteiger partial charge is 0.412 e. The third-order valence-electron chi connectivity index (χ3n) is 8.56. The molecule has 252 valence electrons. The summed E-state index contributed by atoms with van der Waals surface area (Å²) >= 11 is 0. The van der Waals surface area contributed by atoms with Crippen LogP contribution in [0.1, 0.15) is 63.4 Å². The van der Waals surface area contributed by atoms with Crippen LogP contribution in [0.25, 0.3) is 11.0 Å². The molecule has 47 heavy (non-hydrogen) atoms. The number of likely N-dealkylation sites (tertiary alicyclic amines) is 1. The third kappa shape index (κ3) is 8.33. The Bertz CT molecular complexity index is 1610. The van der Waals surface area contributed by atoms with Gasteiger partial charge in [-0.05, 0) is 75.1 Å². The Kier molecular flexibility index (Phi) is 11.7. The van der Waals surface area contributed by atoms with Crippen LogP contribution in [0.5, 0.6) is 0 Å². The van der Waals surface area contributed by atoms with E-state index in [4.69, 9.17) is 19.9 Å². The summed E-state index contributed by atoms with van der Waals surface area (Å²) in [6.45, 7) is 7.24. The van der Waals surface area contributed by atoms with Gasteiger partial charge in [0.05, 0.1) is 36.7 Å². The topological polar surface area (TPSA) is 168 Å². The van der Waals surface area contributed by atoms with Gasteiger partial charge in [-0.1, -0.05) is 19.4 Å². The van der Waals surface area contributed by atoms with E-state index in [2.05, 4.69) is 16.0 Å². The molecule has 0 bridgehead atoms. The van der Waals surface area contributed by atoms with E-state index < -0.39 is 29.3 Å². The molecule has 3 aromatic rings. The van der Waals surface area contributed by atoms with Crippen molar-refractivity contribution in [2.45, 2.75) is 64.5 Å². The highest BCUT2D eigenvalue weighted by Crippen LogP contribution is 2.31. The number of hydrogen-bond donors (Lipinski definition) is 4. The van der Waals surface area contributed by atoms with Crippen molar-refractivity contribution in [3.63, 3.8) is 0 Å². The average molecular weight is 648 g/mol. The highest BCUT2D eigenvalue weighted by Gasteiger charge is 2.41. The van der Waals surface area contributed by atoms with E-state index in [0.29, 0.717) is 37.3 Å². The number of amides is 2. The average Bonchev–Trinajstić information content (AvgIpc) is 3.71. The number of nitrogens with one attached hydrogen (secondary N) is 4. The lowest BCUT2D eigenvalue weighted by Gasteiger charge is -2.34. The van der Waals surface area contributed by atoms with Gasteiger partial charge in [0.2, 0.25) is 5.91 Å². The minimum Gasteiger partial charge on any atom is -0.468 e. The number of ketones is 1. The van der Waals surface area contributed by atoms with Crippen molar-refractivity contribution in [2.75, 3.05) is 38.7 Å². The molecule has 2 aromatic carbocycles. The number of Topliss-reactive ketones (excluding diaryl/α,β-unsaturated/α-hetero) is 1. The molecule has 13 heteroatoms. The van der Waals surface area contributed by atoms with Crippen LogP contribution < -0.4 is 16.0 Å². The number of carbonyl (C=O) groups is 4. The second kappa shape index (κ2) is 15.7. The SMILES string of the molecule is CCCCOC(=O)NC(=N)c1ccc(NCc2nc3cc(C(C)(CNC(C(C)=O)C(=O)OC)C(=O)N4CCCC4)ccc3n2C)cc1. The zero-order chi connectivity index (χ0) is 34.1. The quantitative estimate of drug-likeness (QED) is 0.0671. The minimum absolute atomic E-state index is 0.0447. The van der Waals surface area contributed by atoms with E-state index in [9.17, 15) is 19.2 Å². The molecule has 4 N–H and O–H groups in total. The van der Waals surface area contributed by atoms with Crippen molar-refractivity contribution >= 4 is 46.3 Å². The zero-order valence-corrected chi connectivity index (χ0v) is 27.8. The fourth-order valence-electron chi connectivity index (χ4n) is 5.59. The van der Waals surface area contributed by atoms with Gasteiger partial charge in [-0.25, -0.2) is 14.6 Å². The number of methoxy groups -OCH3 is 1. The Hall–Kier alpha value is -4.78. The van der Waals surface area contributed by atoms with Crippen molar-refractivity contribution in [1.29, 1.82) is 5.41 Å². The number of amidine groups is 1. The Morgan fingerprint density at radius 3 is 2.43 bits per heavy atom. The highest BCUT2D eigenvalue weighted by atomic mass is 16.5. The lowest BCUT2D eigenvalue weighted by atomic mass is 9.80. The van der Waals surface area contributed by atoms with Gasteiger partial charge in [0.1, 0.15) is 11.7 Å². The van der Waals surface area contributed by atoms with E-state index in [-0.39, 0.29) is 18.3 Å². The fourth-order valence-corrected chi connectivity index (χ4v) is 5.59. The summed E-state index contributed by atoms with van der Waals surface area (Å²) in [4.78, 5) is 57.0. The molecule has 0 saturated carbocycles. The number of rotatable bonds is 14. The summed E-state index contributed by atoms with van der Waals surface area (Å²) in [5.74, 6) is -0.447. The number of anilines is 1. The minimum atomic E-state index is -1.18. The maximum atomic E-state index is 13.9. The molecule has 0 aliphatic carbocycles. The fraction of sp³-hybridized carbons (Fsp3) is 0.471. The maximum absolute atomic E-state index is 13.9. The molecule has 0 radical (unpaired) electrons.